The van der Waals surface area contributed by atoms with Crippen LogP contribution in [0.25, 0.3) is 0 Å². The molecule has 3 N–H and O–H groups in total. The summed E-state index contributed by atoms with van der Waals surface area (Å²) in [5.74, 6) is 5.17. The minimum atomic E-state index is -4.78. The summed E-state index contributed by atoms with van der Waals surface area (Å²) in [6, 6.07) is 11.8. The average molecular weight is 317 g/mol. The fourth-order valence-electron chi connectivity index (χ4n) is 1.99. The number of hydrogen-bond donors (Lipinski definition) is 2. The number of para-hydroxylation sites is 1. The van der Waals surface area contributed by atoms with E-state index < -0.39 is 12.4 Å². The third-order valence-electron chi connectivity index (χ3n) is 2.84. The lowest BCUT2D eigenvalue weighted by Crippen LogP contribution is -2.30. The molecule has 0 aliphatic heterocycles. The predicted molar refractivity (Wildman–Crippen MR) is 73.7 cm³/mol. The van der Waals surface area contributed by atoms with Crippen LogP contribution in [0.15, 0.2) is 48.5 Å². The van der Waals surface area contributed by atoms with Crippen LogP contribution >= 0.6 is 11.6 Å². The standard InChI is InChI=1S/C14H12ClF3N2O/c15-11-7-3-1-5-9(11)13(20-19)10-6-2-4-8-12(10)21-14(16,17)18/h1-8,13,20H,19H2. The summed E-state index contributed by atoms with van der Waals surface area (Å²) < 4.78 is 41.4. The maximum atomic E-state index is 12.5. The van der Waals surface area contributed by atoms with Gasteiger partial charge in [-0.05, 0) is 17.7 Å². The van der Waals surface area contributed by atoms with E-state index in [0.29, 0.717) is 10.6 Å². The van der Waals surface area contributed by atoms with Crippen LogP contribution in [-0.4, -0.2) is 6.36 Å². The van der Waals surface area contributed by atoms with E-state index in [0.717, 1.165) is 0 Å². The molecule has 0 heterocycles. The molecule has 3 nitrogen and oxygen atoms in total. The Bertz CT molecular complexity index is 619. The number of nitrogens with one attached hydrogen (secondary N) is 1. The molecule has 0 saturated carbocycles. The van der Waals surface area contributed by atoms with Crippen molar-refractivity contribution in [2.45, 2.75) is 12.4 Å². The second-order valence-electron chi connectivity index (χ2n) is 4.21. The van der Waals surface area contributed by atoms with Gasteiger partial charge in [0, 0.05) is 10.6 Å². The lowest BCUT2D eigenvalue weighted by Gasteiger charge is -2.21. The van der Waals surface area contributed by atoms with Crippen molar-refractivity contribution >= 4 is 11.6 Å². The van der Waals surface area contributed by atoms with Crippen LogP contribution in [0, 0.1) is 0 Å². The highest BCUT2D eigenvalue weighted by atomic mass is 35.5. The summed E-state index contributed by atoms with van der Waals surface area (Å²) in [6.07, 6.45) is -4.78. The normalized spacial score (nSPS) is 13.0. The SMILES string of the molecule is NNC(c1ccccc1Cl)c1ccccc1OC(F)(F)F. The van der Waals surface area contributed by atoms with E-state index >= 15 is 0 Å². The van der Waals surface area contributed by atoms with Gasteiger partial charge >= 0.3 is 6.36 Å². The molecule has 0 bridgehead atoms. The molecule has 1 unspecified atom stereocenters. The molecule has 0 amide bonds. The fourth-order valence-corrected chi connectivity index (χ4v) is 2.24. The number of nitrogens with two attached hydrogens (primary N) is 1. The van der Waals surface area contributed by atoms with Crippen molar-refractivity contribution in [3.8, 4) is 5.75 Å². The van der Waals surface area contributed by atoms with Crippen LogP contribution in [0.5, 0.6) is 5.75 Å². The van der Waals surface area contributed by atoms with Crippen molar-refractivity contribution < 1.29 is 17.9 Å². The highest BCUT2D eigenvalue weighted by Gasteiger charge is 2.33. The van der Waals surface area contributed by atoms with Gasteiger partial charge in [0.1, 0.15) is 5.75 Å². The maximum absolute atomic E-state index is 12.5. The Kier molecular flexibility index (Phi) is 4.72. The van der Waals surface area contributed by atoms with Gasteiger partial charge in [0.2, 0.25) is 0 Å². The Hall–Kier alpha value is -1.76. The van der Waals surface area contributed by atoms with Crippen LogP contribution in [0.3, 0.4) is 0 Å². The topological polar surface area (TPSA) is 47.3 Å². The Morgan fingerprint density at radius 1 is 1.00 bits per heavy atom. The van der Waals surface area contributed by atoms with Crippen molar-refractivity contribution in [1.29, 1.82) is 0 Å². The molecule has 0 aromatic heterocycles. The van der Waals surface area contributed by atoms with Crippen LogP contribution in [-0.2, 0) is 0 Å². The first-order chi connectivity index (χ1) is 9.92. The summed E-state index contributed by atoms with van der Waals surface area (Å²) in [5.41, 5.74) is 3.27. The van der Waals surface area contributed by atoms with Crippen molar-refractivity contribution in [1.82, 2.24) is 5.43 Å². The van der Waals surface area contributed by atoms with E-state index in [1.54, 1.807) is 30.3 Å². The Morgan fingerprint density at radius 2 is 1.57 bits per heavy atom. The number of alkyl halides is 3. The van der Waals surface area contributed by atoms with E-state index in [-0.39, 0.29) is 11.3 Å². The highest BCUT2D eigenvalue weighted by Crippen LogP contribution is 2.35. The molecule has 0 radical (unpaired) electrons. The van der Waals surface area contributed by atoms with Gasteiger partial charge in [0.25, 0.3) is 0 Å². The molecular weight excluding hydrogens is 305 g/mol. The summed E-state index contributed by atoms with van der Waals surface area (Å²) >= 11 is 6.07. The van der Waals surface area contributed by atoms with Gasteiger partial charge in [-0.15, -0.1) is 13.2 Å². The lowest BCUT2D eigenvalue weighted by molar-refractivity contribution is -0.275. The van der Waals surface area contributed by atoms with Crippen molar-refractivity contribution in [3.05, 3.63) is 64.7 Å². The van der Waals surface area contributed by atoms with Crippen molar-refractivity contribution in [2.75, 3.05) is 0 Å². The summed E-state index contributed by atoms with van der Waals surface area (Å²) in [4.78, 5) is 0. The number of rotatable bonds is 4. The maximum Gasteiger partial charge on any atom is 0.573 e. The van der Waals surface area contributed by atoms with Gasteiger partial charge in [-0.1, -0.05) is 48.0 Å². The Morgan fingerprint density at radius 3 is 2.14 bits per heavy atom. The van der Waals surface area contributed by atoms with Crippen molar-refractivity contribution in [3.63, 3.8) is 0 Å². The van der Waals surface area contributed by atoms with Crippen molar-refractivity contribution in [2.24, 2.45) is 5.84 Å². The molecule has 112 valence electrons. The van der Waals surface area contributed by atoms with Gasteiger partial charge in [-0.2, -0.15) is 0 Å². The predicted octanol–water partition coefficient (Wildman–Crippen LogP) is 3.79. The molecule has 21 heavy (non-hydrogen) atoms. The Labute approximate surface area is 124 Å². The largest absolute Gasteiger partial charge is 0.573 e. The van der Waals surface area contributed by atoms with Crippen LogP contribution < -0.4 is 16.0 Å². The number of hydrazine groups is 1. The van der Waals surface area contributed by atoms with Gasteiger partial charge in [-0.3, -0.25) is 5.84 Å². The zero-order valence-electron chi connectivity index (χ0n) is 10.7. The van der Waals surface area contributed by atoms with Gasteiger partial charge in [0.05, 0.1) is 6.04 Å². The molecule has 0 fully saturated rings. The van der Waals surface area contributed by atoms with Crippen LogP contribution in [0.2, 0.25) is 5.02 Å². The number of halogens is 4. The van der Waals surface area contributed by atoms with Gasteiger partial charge < -0.3 is 4.74 Å². The monoisotopic (exact) mass is 316 g/mol. The van der Waals surface area contributed by atoms with E-state index in [4.69, 9.17) is 17.4 Å². The summed E-state index contributed by atoms with van der Waals surface area (Å²) in [7, 11) is 0. The molecule has 0 spiro atoms. The van der Waals surface area contributed by atoms with Crippen LogP contribution in [0.1, 0.15) is 17.2 Å². The third kappa shape index (κ3) is 3.87. The fraction of sp³-hybridized carbons (Fsp3) is 0.143. The number of benzene rings is 2. The quantitative estimate of drug-likeness (QED) is 0.666. The summed E-state index contributed by atoms with van der Waals surface area (Å²) in [6.45, 7) is 0. The molecular formula is C14H12ClF3N2O. The van der Waals surface area contributed by atoms with Gasteiger partial charge in [-0.25, -0.2) is 5.43 Å². The smallest absolute Gasteiger partial charge is 0.405 e. The van der Waals surface area contributed by atoms with E-state index in [9.17, 15) is 13.2 Å². The number of ether oxygens (including phenoxy) is 1. The Balaban J connectivity index is 2.46. The second-order valence-corrected chi connectivity index (χ2v) is 4.61. The first-order valence-corrected chi connectivity index (χ1v) is 6.35. The first kappa shape index (κ1) is 15.6. The molecule has 7 heteroatoms. The zero-order chi connectivity index (χ0) is 15.5. The molecule has 0 aliphatic rings. The first-order valence-electron chi connectivity index (χ1n) is 5.97. The molecule has 2 rings (SSSR count). The van der Waals surface area contributed by atoms with E-state index in [2.05, 4.69) is 10.2 Å². The molecule has 0 saturated heterocycles. The highest BCUT2D eigenvalue weighted by molar-refractivity contribution is 6.31. The van der Waals surface area contributed by atoms with Crippen LogP contribution in [0.4, 0.5) is 13.2 Å². The minimum Gasteiger partial charge on any atom is -0.405 e. The third-order valence-corrected chi connectivity index (χ3v) is 3.18. The minimum absolute atomic E-state index is 0.241. The molecule has 0 aliphatic carbocycles. The number of hydrogen-bond acceptors (Lipinski definition) is 3. The van der Waals surface area contributed by atoms with Gasteiger partial charge in [0.15, 0.2) is 0 Å². The molecule has 2 aromatic rings. The lowest BCUT2D eigenvalue weighted by atomic mass is 9.98. The van der Waals surface area contributed by atoms with E-state index in [1.165, 1.54) is 18.2 Å². The molecule has 1 atom stereocenters. The molecule has 2 aromatic carbocycles. The second kappa shape index (κ2) is 6.34. The zero-order valence-corrected chi connectivity index (χ0v) is 11.4. The summed E-state index contributed by atoms with van der Waals surface area (Å²) in [5, 5.41) is 0.391. The van der Waals surface area contributed by atoms with E-state index in [1.807, 2.05) is 0 Å². The average Bonchev–Trinajstić information content (AvgIpc) is 2.42.